The summed E-state index contributed by atoms with van der Waals surface area (Å²) >= 11 is 0. The number of nitrogens with zero attached hydrogens (tertiary/aromatic N) is 1. The monoisotopic (exact) mass is 612 g/mol. The molecule has 10 heteroatoms. The summed E-state index contributed by atoms with van der Waals surface area (Å²) in [6.45, 7) is 3.09. The van der Waals surface area contributed by atoms with E-state index in [-0.39, 0.29) is 31.9 Å². The van der Waals surface area contributed by atoms with Crippen molar-refractivity contribution >= 4 is 29.8 Å². The van der Waals surface area contributed by atoms with Gasteiger partial charge in [0.1, 0.15) is 0 Å². The molecule has 236 valence electrons. The third-order valence-electron chi connectivity index (χ3n) is 7.68. The van der Waals surface area contributed by atoms with Gasteiger partial charge < -0.3 is 10.4 Å². The second kappa shape index (κ2) is 15.8. The highest BCUT2D eigenvalue weighted by molar-refractivity contribution is 6.08. The predicted molar refractivity (Wildman–Crippen MR) is 169 cm³/mol. The van der Waals surface area contributed by atoms with Crippen LogP contribution in [0.5, 0.6) is 0 Å². The van der Waals surface area contributed by atoms with Crippen LogP contribution in [0.25, 0.3) is 6.08 Å². The molecule has 1 saturated heterocycles. The topological polar surface area (TPSA) is 137 Å². The van der Waals surface area contributed by atoms with Crippen molar-refractivity contribution < 1.29 is 29.1 Å². The molecule has 3 aromatic rings. The van der Waals surface area contributed by atoms with Gasteiger partial charge in [0.2, 0.25) is 17.5 Å². The number of carbonyl (C=O) groups excluding carboxylic acids is 4. The number of benzene rings is 3. The molecule has 0 unspecified atom stereocenters. The largest absolute Gasteiger partial charge is 0.391 e. The highest BCUT2D eigenvalue weighted by Crippen LogP contribution is 2.29. The number of carbonyl (C=O) groups is 4. The van der Waals surface area contributed by atoms with Gasteiger partial charge in [-0.1, -0.05) is 117 Å². The van der Waals surface area contributed by atoms with Gasteiger partial charge in [-0.15, -0.1) is 0 Å². The lowest BCUT2D eigenvalue weighted by Gasteiger charge is -2.36. The van der Waals surface area contributed by atoms with Crippen LogP contribution in [0, 0.1) is 17.8 Å². The summed E-state index contributed by atoms with van der Waals surface area (Å²) in [5.74, 6) is -3.84. The third kappa shape index (κ3) is 8.65. The van der Waals surface area contributed by atoms with Crippen molar-refractivity contribution in [2.24, 2.45) is 17.8 Å². The molecule has 0 radical (unpaired) electrons. The summed E-state index contributed by atoms with van der Waals surface area (Å²) < 4.78 is 0. The van der Waals surface area contributed by atoms with Gasteiger partial charge in [0.05, 0.1) is 31.6 Å². The van der Waals surface area contributed by atoms with Crippen LogP contribution in [0.4, 0.5) is 4.79 Å². The van der Waals surface area contributed by atoms with E-state index in [0.717, 1.165) is 16.0 Å². The molecule has 0 aromatic heterocycles. The van der Waals surface area contributed by atoms with Crippen LogP contribution in [0.2, 0.25) is 0 Å². The van der Waals surface area contributed by atoms with Crippen LogP contribution in [0.3, 0.4) is 0 Å². The van der Waals surface area contributed by atoms with Crippen LogP contribution in [-0.4, -0.2) is 46.0 Å². The zero-order chi connectivity index (χ0) is 32.2. The third-order valence-corrected chi connectivity index (χ3v) is 7.68. The molecule has 0 saturated carbocycles. The number of amides is 5. The van der Waals surface area contributed by atoms with Gasteiger partial charge in [-0.25, -0.2) is 10.3 Å². The number of imide groups is 1. The van der Waals surface area contributed by atoms with Crippen molar-refractivity contribution in [2.45, 2.75) is 45.5 Å². The second-order valence-corrected chi connectivity index (χ2v) is 11.5. The fourth-order valence-corrected chi connectivity index (χ4v) is 5.33. The van der Waals surface area contributed by atoms with E-state index in [1.165, 1.54) is 0 Å². The number of hydroxylamine groups is 1. The SMILES string of the molecule is CC(C)C[C@@H](C(=O)N[C@]1(CO)C(=O)NC(=O)N1Cc1ccccc1)[C@H](C/C=C/c1ccccc1)C(=O)NOCc1ccccc1. The van der Waals surface area contributed by atoms with Crippen LogP contribution < -0.4 is 16.1 Å². The fourth-order valence-electron chi connectivity index (χ4n) is 5.33. The molecule has 5 amide bonds. The molecule has 10 nitrogen and oxygen atoms in total. The second-order valence-electron chi connectivity index (χ2n) is 11.5. The van der Waals surface area contributed by atoms with Gasteiger partial charge in [0, 0.05) is 0 Å². The molecule has 3 aromatic carbocycles. The van der Waals surface area contributed by atoms with E-state index in [9.17, 15) is 24.3 Å². The molecule has 0 spiro atoms. The number of aliphatic hydroxyl groups is 1. The Morgan fingerprint density at radius 1 is 0.889 bits per heavy atom. The summed E-state index contributed by atoms with van der Waals surface area (Å²) in [6, 6.07) is 27.1. The van der Waals surface area contributed by atoms with E-state index < -0.39 is 47.9 Å². The van der Waals surface area contributed by atoms with Gasteiger partial charge in [0.25, 0.3) is 5.91 Å². The molecule has 1 aliphatic rings. The van der Waals surface area contributed by atoms with Crippen LogP contribution in [-0.2, 0) is 32.4 Å². The molecule has 0 bridgehead atoms. The lowest BCUT2D eigenvalue weighted by molar-refractivity contribution is -0.148. The molecule has 45 heavy (non-hydrogen) atoms. The smallest absolute Gasteiger partial charge is 0.326 e. The summed E-state index contributed by atoms with van der Waals surface area (Å²) in [4.78, 5) is 60.5. The maximum absolute atomic E-state index is 14.1. The van der Waals surface area contributed by atoms with E-state index in [0.29, 0.717) is 5.56 Å². The number of rotatable bonds is 15. The molecule has 0 aliphatic carbocycles. The van der Waals surface area contributed by atoms with Crippen molar-refractivity contribution in [1.82, 2.24) is 21.0 Å². The van der Waals surface area contributed by atoms with Crippen molar-refractivity contribution in [3.05, 3.63) is 114 Å². The number of hydrogen-bond acceptors (Lipinski definition) is 6. The van der Waals surface area contributed by atoms with E-state index in [1.807, 2.05) is 92.7 Å². The molecular formula is C35H40N4O6. The average Bonchev–Trinajstić information content (AvgIpc) is 3.27. The number of urea groups is 1. The number of hydrogen-bond donors (Lipinski definition) is 4. The Kier molecular flexibility index (Phi) is 11.6. The van der Waals surface area contributed by atoms with E-state index in [4.69, 9.17) is 4.84 Å². The number of nitrogens with one attached hydrogen (secondary N) is 3. The molecule has 1 heterocycles. The van der Waals surface area contributed by atoms with E-state index in [1.54, 1.807) is 24.3 Å². The summed E-state index contributed by atoms with van der Waals surface area (Å²) in [5, 5.41) is 15.4. The summed E-state index contributed by atoms with van der Waals surface area (Å²) in [7, 11) is 0. The van der Waals surface area contributed by atoms with Gasteiger partial charge >= 0.3 is 6.03 Å². The number of allylic oxidation sites excluding steroid dienone is 1. The Morgan fingerprint density at radius 2 is 1.49 bits per heavy atom. The van der Waals surface area contributed by atoms with Crippen LogP contribution >= 0.6 is 0 Å². The molecule has 3 atom stereocenters. The van der Waals surface area contributed by atoms with Crippen LogP contribution in [0.1, 0.15) is 43.4 Å². The Bertz CT molecular complexity index is 1470. The molecular weight excluding hydrogens is 572 g/mol. The van der Waals surface area contributed by atoms with Crippen molar-refractivity contribution in [3.8, 4) is 0 Å². The maximum atomic E-state index is 14.1. The minimum absolute atomic E-state index is 0.0103. The minimum Gasteiger partial charge on any atom is -0.391 e. The standard InChI is InChI=1S/C35H40N4O6/c1-25(2)21-30(31(41)37-35(24-40)33(43)36-34(44)39(35)22-27-15-8-4-9-16-27)29(20-12-19-26-13-6-3-7-14-26)32(42)38-45-23-28-17-10-5-11-18-28/h3-19,25,29-30,40H,20-24H2,1-2H3,(H,37,41)(H,38,42)(H,36,43,44)/b19-12+/t29-,30+,35-/m0/s1. The zero-order valence-corrected chi connectivity index (χ0v) is 25.5. The van der Waals surface area contributed by atoms with E-state index in [2.05, 4.69) is 16.1 Å². The Hall–Kier alpha value is -4.80. The Labute approximate surface area is 263 Å². The van der Waals surface area contributed by atoms with Gasteiger partial charge in [-0.2, -0.15) is 0 Å². The first-order chi connectivity index (χ1) is 21.7. The highest BCUT2D eigenvalue weighted by Gasteiger charge is 2.55. The van der Waals surface area contributed by atoms with Gasteiger partial charge in [-0.05, 0) is 35.4 Å². The zero-order valence-electron chi connectivity index (χ0n) is 25.5. The van der Waals surface area contributed by atoms with Crippen LogP contribution in [0.15, 0.2) is 97.1 Å². The number of aliphatic hydroxyl groups excluding tert-OH is 1. The van der Waals surface area contributed by atoms with E-state index >= 15 is 0 Å². The molecule has 4 rings (SSSR count). The van der Waals surface area contributed by atoms with Gasteiger partial charge in [0.15, 0.2) is 0 Å². The van der Waals surface area contributed by atoms with Crippen molar-refractivity contribution in [1.29, 1.82) is 0 Å². The molecule has 1 aliphatic heterocycles. The predicted octanol–water partition coefficient (Wildman–Crippen LogP) is 4.17. The summed E-state index contributed by atoms with van der Waals surface area (Å²) in [6.07, 6.45) is 4.17. The highest BCUT2D eigenvalue weighted by atomic mass is 16.6. The lowest BCUT2D eigenvalue weighted by atomic mass is 9.81. The van der Waals surface area contributed by atoms with Crippen molar-refractivity contribution in [2.75, 3.05) is 6.61 Å². The van der Waals surface area contributed by atoms with Gasteiger partial charge in [-0.3, -0.25) is 29.4 Å². The molecule has 1 fully saturated rings. The Morgan fingerprint density at radius 3 is 2.09 bits per heavy atom. The minimum atomic E-state index is -2.05. The first-order valence-corrected chi connectivity index (χ1v) is 15.0. The fraction of sp³-hybridized carbons (Fsp3) is 0.314. The first-order valence-electron chi connectivity index (χ1n) is 15.0. The average molecular weight is 613 g/mol. The molecule has 4 N–H and O–H groups in total. The normalized spacial score (nSPS) is 17.7. The quantitative estimate of drug-likeness (QED) is 0.150. The lowest BCUT2D eigenvalue weighted by Crippen LogP contribution is -2.65. The summed E-state index contributed by atoms with van der Waals surface area (Å²) in [5.41, 5.74) is 2.95. The maximum Gasteiger partial charge on any atom is 0.326 e. The Balaban J connectivity index is 1.60. The first kappa shape index (κ1) is 33.1. The van der Waals surface area contributed by atoms with Crippen molar-refractivity contribution in [3.63, 3.8) is 0 Å².